The van der Waals surface area contributed by atoms with E-state index in [9.17, 15) is 23.7 Å². The molecule has 9 nitrogen and oxygen atoms in total. The largest absolute Gasteiger partial charge is 0.483 e. The van der Waals surface area contributed by atoms with Gasteiger partial charge in [-0.25, -0.2) is 4.39 Å². The van der Waals surface area contributed by atoms with Crippen LogP contribution in [0.25, 0.3) is 5.69 Å². The molecule has 0 aliphatic rings. The lowest BCUT2D eigenvalue weighted by Crippen LogP contribution is -2.23. The molecular formula is C25H21F2N5O4S. The van der Waals surface area contributed by atoms with E-state index in [1.807, 2.05) is 30.3 Å². The van der Waals surface area contributed by atoms with Gasteiger partial charge in [0.05, 0.1) is 10.2 Å². The molecule has 1 N–H and O–H groups in total. The fourth-order valence-electron chi connectivity index (χ4n) is 3.40. The third-order valence-electron chi connectivity index (χ3n) is 5.22. The van der Waals surface area contributed by atoms with Crippen LogP contribution in [-0.4, -0.2) is 30.8 Å². The molecule has 4 aromatic rings. The van der Waals surface area contributed by atoms with Crippen molar-refractivity contribution in [3.63, 3.8) is 0 Å². The maximum atomic E-state index is 13.6. The minimum absolute atomic E-state index is 0.0945. The summed E-state index contributed by atoms with van der Waals surface area (Å²) in [5.74, 6) is -0.933. The van der Waals surface area contributed by atoms with Crippen molar-refractivity contribution in [1.29, 1.82) is 0 Å². The number of carbonyl (C=O) groups excluding carboxylic acids is 1. The first-order valence-corrected chi connectivity index (χ1v) is 12.0. The van der Waals surface area contributed by atoms with Crippen LogP contribution in [0.4, 0.5) is 20.2 Å². The van der Waals surface area contributed by atoms with Gasteiger partial charge in [0, 0.05) is 17.4 Å². The zero-order valence-corrected chi connectivity index (χ0v) is 20.5. The van der Waals surface area contributed by atoms with Gasteiger partial charge in [-0.1, -0.05) is 30.0 Å². The Hall–Kier alpha value is -4.32. The smallest absolute Gasteiger partial charge is 0.306 e. The number of rotatable bonds is 9. The van der Waals surface area contributed by atoms with Gasteiger partial charge in [-0.15, -0.1) is 10.2 Å². The van der Waals surface area contributed by atoms with Crippen LogP contribution in [0.15, 0.2) is 78.0 Å². The number of aromatic nitrogens is 3. The van der Waals surface area contributed by atoms with Gasteiger partial charge in [-0.3, -0.25) is 19.5 Å². The summed E-state index contributed by atoms with van der Waals surface area (Å²) in [5.41, 5.74) is 0.0973. The van der Waals surface area contributed by atoms with Crippen molar-refractivity contribution in [2.75, 3.05) is 5.32 Å². The van der Waals surface area contributed by atoms with Crippen LogP contribution in [0, 0.1) is 21.7 Å². The van der Waals surface area contributed by atoms with E-state index in [1.54, 1.807) is 18.4 Å². The van der Waals surface area contributed by atoms with Gasteiger partial charge in [0.15, 0.2) is 17.1 Å². The van der Waals surface area contributed by atoms with Gasteiger partial charge < -0.3 is 10.1 Å². The number of anilines is 1. The Morgan fingerprint density at radius 1 is 1.05 bits per heavy atom. The van der Waals surface area contributed by atoms with E-state index >= 15 is 0 Å². The second-order valence-corrected chi connectivity index (χ2v) is 9.21. The number of nitro groups is 1. The number of amides is 1. The highest BCUT2D eigenvalue weighted by Crippen LogP contribution is 2.31. The lowest BCUT2D eigenvalue weighted by molar-refractivity contribution is -0.387. The number of halogens is 2. The Labute approximate surface area is 214 Å². The number of para-hydroxylation sites is 1. The minimum atomic E-state index is -0.995. The van der Waals surface area contributed by atoms with Crippen molar-refractivity contribution in [3.8, 4) is 11.4 Å². The van der Waals surface area contributed by atoms with E-state index in [-0.39, 0.29) is 11.5 Å². The summed E-state index contributed by atoms with van der Waals surface area (Å²) in [6, 6.07) is 18.0. The number of nitrogens with one attached hydrogen (secondary N) is 1. The number of nitro benzene ring substituents is 1. The molecule has 4 rings (SSSR count). The maximum absolute atomic E-state index is 13.6. The number of hydrogen-bond donors (Lipinski definition) is 1. The molecule has 2 atom stereocenters. The molecule has 0 radical (unpaired) electrons. The number of carbonyl (C=O) groups is 1. The van der Waals surface area contributed by atoms with Gasteiger partial charge in [0.25, 0.3) is 0 Å². The second kappa shape index (κ2) is 11.2. The molecule has 0 fully saturated rings. The Kier molecular flexibility index (Phi) is 7.77. The summed E-state index contributed by atoms with van der Waals surface area (Å²) in [5, 5.41) is 21.8. The zero-order chi connectivity index (χ0) is 26.5. The first-order chi connectivity index (χ1) is 17.7. The summed E-state index contributed by atoms with van der Waals surface area (Å²) in [6.07, 6.45) is -0.573. The Morgan fingerprint density at radius 2 is 1.76 bits per heavy atom. The van der Waals surface area contributed by atoms with Crippen molar-refractivity contribution in [2.24, 2.45) is 0 Å². The van der Waals surface area contributed by atoms with E-state index < -0.39 is 33.7 Å². The molecule has 1 heterocycles. The van der Waals surface area contributed by atoms with E-state index in [2.05, 4.69) is 15.5 Å². The third kappa shape index (κ3) is 6.09. The van der Waals surface area contributed by atoms with E-state index in [0.29, 0.717) is 16.7 Å². The quantitative estimate of drug-likeness (QED) is 0.169. The molecule has 12 heteroatoms. The van der Waals surface area contributed by atoms with Crippen molar-refractivity contribution in [1.82, 2.24) is 14.8 Å². The lowest BCUT2D eigenvalue weighted by atomic mass is 10.2. The molecule has 1 aromatic heterocycles. The van der Waals surface area contributed by atoms with Crippen molar-refractivity contribution < 1.29 is 23.2 Å². The van der Waals surface area contributed by atoms with Crippen LogP contribution in [0.3, 0.4) is 0 Å². The Balaban J connectivity index is 1.56. The van der Waals surface area contributed by atoms with Gasteiger partial charge in [0.2, 0.25) is 11.7 Å². The van der Waals surface area contributed by atoms with Crippen LogP contribution < -0.4 is 10.1 Å². The fraction of sp³-hybridized carbons (Fsp3) is 0.160. The minimum Gasteiger partial charge on any atom is -0.483 e. The number of benzene rings is 3. The van der Waals surface area contributed by atoms with Gasteiger partial charge in [-0.2, -0.15) is 4.39 Å². The summed E-state index contributed by atoms with van der Waals surface area (Å²) < 4.78 is 34.6. The van der Waals surface area contributed by atoms with Crippen LogP contribution in [0.1, 0.15) is 25.8 Å². The predicted molar refractivity (Wildman–Crippen MR) is 134 cm³/mol. The average molecular weight is 526 g/mol. The number of nitrogens with zero attached hydrogens (tertiary/aromatic N) is 4. The highest BCUT2D eigenvalue weighted by atomic mass is 32.2. The summed E-state index contributed by atoms with van der Waals surface area (Å²) in [4.78, 5) is 23.0. The van der Waals surface area contributed by atoms with Crippen molar-refractivity contribution >= 4 is 29.0 Å². The molecule has 2 unspecified atom stereocenters. The highest BCUT2D eigenvalue weighted by Gasteiger charge is 2.25. The van der Waals surface area contributed by atoms with E-state index in [1.165, 1.54) is 30.3 Å². The van der Waals surface area contributed by atoms with Gasteiger partial charge >= 0.3 is 5.69 Å². The first kappa shape index (κ1) is 25.8. The zero-order valence-electron chi connectivity index (χ0n) is 19.7. The highest BCUT2D eigenvalue weighted by molar-refractivity contribution is 8.00. The molecule has 0 saturated heterocycles. The van der Waals surface area contributed by atoms with Gasteiger partial charge in [-0.05, 0) is 62.4 Å². The number of hydrogen-bond acceptors (Lipinski definition) is 7. The molecular weight excluding hydrogens is 504 g/mol. The third-order valence-corrected chi connectivity index (χ3v) is 6.27. The SMILES string of the molecule is CC(Sc1nnc(C(C)Oc2ccc(F)cc2)n1-c1ccccc1)C(=O)Nc1ccc(F)c([N+](=O)[O-])c1. The van der Waals surface area contributed by atoms with Crippen molar-refractivity contribution in [2.45, 2.75) is 30.4 Å². The molecule has 3 aromatic carbocycles. The molecule has 0 spiro atoms. The topological polar surface area (TPSA) is 112 Å². The second-order valence-electron chi connectivity index (χ2n) is 7.90. The number of ether oxygens (including phenoxy) is 1. The number of thioether (sulfide) groups is 1. The van der Waals surface area contributed by atoms with Crippen LogP contribution in [0.5, 0.6) is 5.75 Å². The van der Waals surface area contributed by atoms with Crippen LogP contribution in [-0.2, 0) is 4.79 Å². The molecule has 190 valence electrons. The molecule has 0 bridgehead atoms. The lowest BCUT2D eigenvalue weighted by Gasteiger charge is -2.17. The van der Waals surface area contributed by atoms with Gasteiger partial charge in [0.1, 0.15) is 11.6 Å². The van der Waals surface area contributed by atoms with E-state index in [4.69, 9.17) is 4.74 Å². The fourth-order valence-corrected chi connectivity index (χ4v) is 4.27. The Morgan fingerprint density at radius 3 is 2.43 bits per heavy atom. The summed E-state index contributed by atoms with van der Waals surface area (Å²) in [6.45, 7) is 3.42. The van der Waals surface area contributed by atoms with E-state index in [0.717, 1.165) is 29.6 Å². The summed E-state index contributed by atoms with van der Waals surface area (Å²) >= 11 is 1.12. The normalized spacial score (nSPS) is 12.5. The molecule has 0 aliphatic heterocycles. The summed E-state index contributed by atoms with van der Waals surface area (Å²) in [7, 11) is 0. The molecule has 0 aliphatic carbocycles. The standard InChI is InChI=1S/C25H21F2N5O4S/c1-15(36-20-11-8-17(26)9-12-20)23-29-30-25(31(23)19-6-4-3-5-7-19)37-16(2)24(33)28-18-10-13-21(27)22(14-18)32(34)35/h3-16H,1-2H3,(H,28,33). The van der Waals surface area contributed by atoms with Crippen LogP contribution in [0.2, 0.25) is 0 Å². The van der Waals surface area contributed by atoms with Crippen molar-refractivity contribution in [3.05, 3.63) is 100 Å². The Bertz CT molecular complexity index is 1420. The monoisotopic (exact) mass is 525 g/mol. The predicted octanol–water partition coefficient (Wildman–Crippen LogP) is 5.71. The average Bonchev–Trinajstić information content (AvgIpc) is 3.30. The maximum Gasteiger partial charge on any atom is 0.306 e. The molecule has 0 saturated carbocycles. The molecule has 1 amide bonds. The molecule has 37 heavy (non-hydrogen) atoms. The first-order valence-electron chi connectivity index (χ1n) is 11.1. The van der Waals surface area contributed by atoms with Crippen LogP contribution >= 0.6 is 11.8 Å².